The van der Waals surface area contributed by atoms with Gasteiger partial charge in [-0.15, -0.1) is 0 Å². The van der Waals surface area contributed by atoms with Crippen LogP contribution < -0.4 is 4.74 Å². The van der Waals surface area contributed by atoms with Crippen molar-refractivity contribution in [3.63, 3.8) is 0 Å². The molecule has 0 aliphatic carbocycles. The second-order valence-electron chi connectivity index (χ2n) is 3.74. The first-order valence-electron chi connectivity index (χ1n) is 5.41. The molecule has 1 heterocycles. The molecule has 1 aromatic heterocycles. The van der Waals surface area contributed by atoms with Gasteiger partial charge in [-0.25, -0.2) is 4.98 Å². The first-order valence-corrected chi connectivity index (χ1v) is 5.79. The average molecular weight is 236 g/mol. The molecule has 0 radical (unpaired) electrons. The normalized spacial score (nSPS) is 10.7. The fraction of sp³-hybridized carbons (Fsp3) is 0.308. The summed E-state index contributed by atoms with van der Waals surface area (Å²) in [5, 5.41) is 1.66. The molecule has 0 atom stereocenters. The number of fused-ring (bicyclic) bond motifs is 1. The number of benzene rings is 1. The summed E-state index contributed by atoms with van der Waals surface area (Å²) in [6, 6.07) is 7.68. The molecule has 0 saturated heterocycles. The predicted octanol–water partition coefficient (Wildman–Crippen LogP) is 3.99. The lowest BCUT2D eigenvalue weighted by molar-refractivity contribution is 0.320. The molecular formula is C13H14ClNO. The van der Waals surface area contributed by atoms with Crippen LogP contribution in [0.5, 0.6) is 5.75 Å². The SMILES string of the molecule is CCCOc1ccc(Cl)c2ccc(C)nc12. The number of pyridine rings is 1. The molecule has 84 valence electrons. The van der Waals surface area contributed by atoms with Crippen LogP contribution in [-0.4, -0.2) is 11.6 Å². The van der Waals surface area contributed by atoms with Gasteiger partial charge in [-0.3, -0.25) is 0 Å². The van der Waals surface area contributed by atoms with E-state index in [1.54, 1.807) is 0 Å². The summed E-state index contributed by atoms with van der Waals surface area (Å²) < 4.78 is 5.66. The van der Waals surface area contributed by atoms with E-state index in [-0.39, 0.29) is 0 Å². The lowest BCUT2D eigenvalue weighted by Gasteiger charge is -2.09. The molecule has 3 heteroatoms. The third-order valence-corrected chi connectivity index (χ3v) is 2.70. The molecule has 0 unspecified atom stereocenters. The Morgan fingerprint density at radius 3 is 2.81 bits per heavy atom. The molecule has 0 fully saturated rings. The van der Waals surface area contributed by atoms with Crippen LogP contribution in [-0.2, 0) is 0 Å². The molecule has 0 aliphatic heterocycles. The molecule has 0 aliphatic rings. The molecule has 0 saturated carbocycles. The molecule has 2 rings (SSSR count). The molecule has 0 amide bonds. The van der Waals surface area contributed by atoms with Gasteiger partial charge >= 0.3 is 0 Å². The fourth-order valence-corrected chi connectivity index (χ4v) is 1.80. The van der Waals surface area contributed by atoms with Crippen molar-refractivity contribution in [2.75, 3.05) is 6.61 Å². The van der Waals surface area contributed by atoms with Crippen LogP contribution in [0, 0.1) is 6.92 Å². The minimum atomic E-state index is 0.701. The molecule has 0 bridgehead atoms. The number of hydrogen-bond donors (Lipinski definition) is 0. The molecule has 2 nitrogen and oxygen atoms in total. The van der Waals surface area contributed by atoms with E-state index in [4.69, 9.17) is 16.3 Å². The third-order valence-electron chi connectivity index (χ3n) is 2.37. The standard InChI is InChI=1S/C13H14ClNO/c1-3-8-16-12-7-6-11(14)10-5-4-9(2)15-13(10)12/h4-7H,3,8H2,1-2H3. The van der Waals surface area contributed by atoms with E-state index in [0.717, 1.165) is 28.8 Å². The van der Waals surface area contributed by atoms with Crippen molar-refractivity contribution in [1.29, 1.82) is 0 Å². The van der Waals surface area contributed by atoms with Crippen molar-refractivity contribution in [3.8, 4) is 5.75 Å². The Hall–Kier alpha value is -1.28. The van der Waals surface area contributed by atoms with E-state index in [1.165, 1.54) is 0 Å². The van der Waals surface area contributed by atoms with E-state index in [1.807, 2.05) is 31.2 Å². The minimum Gasteiger partial charge on any atom is -0.491 e. The largest absolute Gasteiger partial charge is 0.491 e. The second kappa shape index (κ2) is 4.71. The topological polar surface area (TPSA) is 22.1 Å². The van der Waals surface area contributed by atoms with Crippen molar-refractivity contribution < 1.29 is 4.74 Å². The number of ether oxygens (including phenoxy) is 1. The summed E-state index contributed by atoms with van der Waals surface area (Å²) >= 11 is 6.12. The molecule has 1 aromatic carbocycles. The van der Waals surface area contributed by atoms with Gasteiger partial charge < -0.3 is 4.74 Å². The summed E-state index contributed by atoms with van der Waals surface area (Å²) in [5.41, 5.74) is 1.82. The predicted molar refractivity (Wildman–Crippen MR) is 67.3 cm³/mol. The first kappa shape index (κ1) is 11.2. The first-order chi connectivity index (χ1) is 7.72. The zero-order valence-electron chi connectivity index (χ0n) is 9.46. The van der Waals surface area contributed by atoms with E-state index >= 15 is 0 Å². The van der Waals surface area contributed by atoms with Gasteiger partial charge in [0.05, 0.1) is 11.6 Å². The van der Waals surface area contributed by atoms with E-state index < -0.39 is 0 Å². The summed E-state index contributed by atoms with van der Waals surface area (Å²) in [6.07, 6.45) is 0.982. The van der Waals surface area contributed by atoms with Gasteiger partial charge in [-0.2, -0.15) is 0 Å². The highest BCUT2D eigenvalue weighted by Gasteiger charge is 2.07. The Kier molecular flexibility index (Phi) is 3.30. The number of halogens is 1. The van der Waals surface area contributed by atoms with Gasteiger partial charge in [0, 0.05) is 11.1 Å². The van der Waals surface area contributed by atoms with Crippen molar-refractivity contribution >= 4 is 22.5 Å². The van der Waals surface area contributed by atoms with Crippen LogP contribution >= 0.6 is 11.6 Å². The van der Waals surface area contributed by atoms with Gasteiger partial charge in [-0.05, 0) is 37.6 Å². The van der Waals surface area contributed by atoms with Crippen molar-refractivity contribution in [2.24, 2.45) is 0 Å². The molecular weight excluding hydrogens is 222 g/mol. The average Bonchev–Trinajstić information content (AvgIpc) is 2.28. The van der Waals surface area contributed by atoms with Crippen molar-refractivity contribution in [1.82, 2.24) is 4.98 Å². The Labute approximate surface area is 100 Å². The Bertz CT molecular complexity index is 511. The number of rotatable bonds is 3. The summed E-state index contributed by atoms with van der Waals surface area (Å²) in [5.74, 6) is 0.810. The van der Waals surface area contributed by atoms with Crippen LogP contribution in [0.4, 0.5) is 0 Å². The van der Waals surface area contributed by atoms with Crippen molar-refractivity contribution in [2.45, 2.75) is 20.3 Å². The van der Waals surface area contributed by atoms with Crippen molar-refractivity contribution in [3.05, 3.63) is 35.0 Å². The number of hydrogen-bond acceptors (Lipinski definition) is 2. The highest BCUT2D eigenvalue weighted by molar-refractivity contribution is 6.35. The van der Waals surface area contributed by atoms with Gasteiger partial charge in [-0.1, -0.05) is 18.5 Å². The summed E-state index contributed by atoms with van der Waals surface area (Å²) in [6.45, 7) is 4.74. The van der Waals surface area contributed by atoms with Crippen LogP contribution in [0.25, 0.3) is 10.9 Å². The smallest absolute Gasteiger partial charge is 0.145 e. The van der Waals surface area contributed by atoms with Crippen LogP contribution in [0.15, 0.2) is 24.3 Å². The van der Waals surface area contributed by atoms with Gasteiger partial charge in [0.25, 0.3) is 0 Å². The zero-order chi connectivity index (χ0) is 11.5. The zero-order valence-corrected chi connectivity index (χ0v) is 10.2. The Balaban J connectivity index is 2.56. The summed E-state index contributed by atoms with van der Waals surface area (Å²) in [4.78, 5) is 4.48. The lowest BCUT2D eigenvalue weighted by Crippen LogP contribution is -1.97. The summed E-state index contributed by atoms with van der Waals surface area (Å²) in [7, 11) is 0. The highest BCUT2D eigenvalue weighted by Crippen LogP contribution is 2.30. The number of nitrogens with zero attached hydrogens (tertiary/aromatic N) is 1. The molecule has 0 N–H and O–H groups in total. The molecule has 0 spiro atoms. The third kappa shape index (κ3) is 2.12. The quantitative estimate of drug-likeness (QED) is 0.803. The number of aromatic nitrogens is 1. The number of aryl methyl sites for hydroxylation is 1. The highest BCUT2D eigenvalue weighted by atomic mass is 35.5. The van der Waals surface area contributed by atoms with Crippen LogP contribution in [0.1, 0.15) is 19.0 Å². The molecule has 2 aromatic rings. The maximum absolute atomic E-state index is 6.12. The monoisotopic (exact) mass is 235 g/mol. The second-order valence-corrected chi connectivity index (χ2v) is 4.15. The van der Waals surface area contributed by atoms with E-state index in [9.17, 15) is 0 Å². The van der Waals surface area contributed by atoms with Gasteiger partial charge in [0.2, 0.25) is 0 Å². The van der Waals surface area contributed by atoms with E-state index in [0.29, 0.717) is 11.6 Å². The van der Waals surface area contributed by atoms with Crippen LogP contribution in [0.2, 0.25) is 5.02 Å². The molecule has 16 heavy (non-hydrogen) atoms. The minimum absolute atomic E-state index is 0.701. The fourth-order valence-electron chi connectivity index (χ4n) is 1.58. The maximum Gasteiger partial charge on any atom is 0.145 e. The Morgan fingerprint density at radius 2 is 2.06 bits per heavy atom. The Morgan fingerprint density at radius 1 is 1.25 bits per heavy atom. The van der Waals surface area contributed by atoms with E-state index in [2.05, 4.69) is 11.9 Å². The maximum atomic E-state index is 6.12. The van der Waals surface area contributed by atoms with Gasteiger partial charge in [0.1, 0.15) is 11.3 Å². The van der Waals surface area contributed by atoms with Gasteiger partial charge in [0.15, 0.2) is 0 Å². The van der Waals surface area contributed by atoms with Crippen LogP contribution in [0.3, 0.4) is 0 Å². The lowest BCUT2D eigenvalue weighted by atomic mass is 10.2.